The molecule has 0 aromatic heterocycles. The smallest absolute Gasteiger partial charge is 0.358 e. The molecule has 3 aromatic carbocycles. The van der Waals surface area contributed by atoms with E-state index in [9.17, 15) is 18.5 Å². The summed E-state index contributed by atoms with van der Waals surface area (Å²) in [7, 11) is -4.26. The third kappa shape index (κ3) is 7.03. The number of benzene rings is 3. The van der Waals surface area contributed by atoms with Gasteiger partial charge in [0.25, 0.3) is 0 Å². The van der Waals surface area contributed by atoms with Crippen LogP contribution in [0.2, 0.25) is 0 Å². The highest BCUT2D eigenvalue weighted by molar-refractivity contribution is 14.1. The third-order valence-corrected chi connectivity index (χ3v) is 6.34. The van der Waals surface area contributed by atoms with Gasteiger partial charge in [-0.25, -0.2) is 4.79 Å². The van der Waals surface area contributed by atoms with Crippen LogP contribution in [0.4, 0.5) is 0 Å². The highest BCUT2D eigenvalue weighted by atomic mass is 127. The molecule has 0 heterocycles. The predicted molar refractivity (Wildman–Crippen MR) is 132 cm³/mol. The molecule has 10 heteroatoms. The van der Waals surface area contributed by atoms with Gasteiger partial charge in [-0.1, -0.05) is 47.6 Å². The normalized spacial score (nSPS) is 12.3. The Labute approximate surface area is 211 Å². The minimum Gasteiger partial charge on any atom is -0.482 e. The van der Waals surface area contributed by atoms with Gasteiger partial charge in [0.05, 0.1) is 0 Å². The minimum absolute atomic E-state index is 0.179. The Hall–Kier alpha value is -3.43. The molecule has 0 bridgehead atoms. The molecule has 0 aliphatic carbocycles. The third-order valence-electron chi connectivity index (χ3n) is 4.50. The van der Waals surface area contributed by atoms with Gasteiger partial charge in [-0.05, 0) is 71.5 Å². The van der Waals surface area contributed by atoms with Gasteiger partial charge in [0.1, 0.15) is 22.8 Å². The van der Waals surface area contributed by atoms with Gasteiger partial charge in [-0.2, -0.15) is 13.7 Å². The summed E-state index contributed by atoms with van der Waals surface area (Å²) in [5, 5.41) is 12.7. The van der Waals surface area contributed by atoms with Crippen molar-refractivity contribution in [3.05, 3.63) is 93.6 Å². The Morgan fingerprint density at radius 1 is 1.03 bits per heavy atom. The monoisotopic (exact) mass is 590 g/mol. The second-order valence-electron chi connectivity index (χ2n) is 6.89. The van der Waals surface area contributed by atoms with Crippen LogP contribution in [-0.2, 0) is 23.9 Å². The highest BCUT2D eigenvalue weighted by Gasteiger charge is 2.18. The summed E-state index contributed by atoms with van der Waals surface area (Å²) >= 11 is 2.19. The number of oxime groups is 1. The van der Waals surface area contributed by atoms with Gasteiger partial charge in [0.2, 0.25) is 0 Å². The largest absolute Gasteiger partial charge is 0.482 e. The van der Waals surface area contributed by atoms with Crippen molar-refractivity contribution < 1.29 is 27.0 Å². The fourth-order valence-electron chi connectivity index (χ4n) is 2.74. The first-order valence-electron chi connectivity index (χ1n) is 9.93. The summed E-state index contributed by atoms with van der Waals surface area (Å²) in [5.74, 6) is -0.298. The van der Waals surface area contributed by atoms with E-state index < -0.39 is 22.2 Å². The fourth-order valence-corrected chi connectivity index (χ4v) is 3.83. The Kier molecular flexibility index (Phi) is 8.61. The van der Waals surface area contributed by atoms with E-state index in [-0.39, 0.29) is 23.0 Å². The van der Waals surface area contributed by atoms with E-state index in [1.807, 2.05) is 24.3 Å². The molecule has 34 heavy (non-hydrogen) atoms. The van der Waals surface area contributed by atoms with Crippen LogP contribution in [0.25, 0.3) is 0 Å². The van der Waals surface area contributed by atoms with Crippen molar-refractivity contribution in [1.82, 2.24) is 0 Å². The van der Waals surface area contributed by atoms with Crippen molar-refractivity contribution >= 4 is 44.4 Å². The van der Waals surface area contributed by atoms with Crippen molar-refractivity contribution in [2.75, 3.05) is 6.61 Å². The maximum atomic E-state index is 12.4. The molecule has 3 aromatic rings. The molecule has 174 valence electrons. The number of hydrogen-bond donors (Lipinski definition) is 0. The van der Waals surface area contributed by atoms with Crippen molar-refractivity contribution in [2.45, 2.75) is 17.9 Å². The van der Waals surface area contributed by atoms with Gasteiger partial charge in [-0.3, -0.25) is 4.28 Å². The van der Waals surface area contributed by atoms with E-state index in [0.717, 1.165) is 9.13 Å². The predicted octanol–water partition coefficient (Wildman–Crippen LogP) is 4.61. The Morgan fingerprint density at radius 2 is 1.68 bits per heavy atom. The van der Waals surface area contributed by atoms with E-state index in [1.54, 1.807) is 43.3 Å². The number of carbonyl (C=O) groups is 1. The molecule has 0 radical (unpaired) electrons. The minimum atomic E-state index is -4.26. The van der Waals surface area contributed by atoms with Crippen LogP contribution in [0.15, 0.2) is 88.9 Å². The Morgan fingerprint density at radius 3 is 2.29 bits per heavy atom. The lowest BCUT2D eigenvalue weighted by Crippen LogP contribution is -2.17. The van der Waals surface area contributed by atoms with Crippen LogP contribution in [0.5, 0.6) is 5.75 Å². The summed E-state index contributed by atoms with van der Waals surface area (Å²) in [4.78, 5) is 11.9. The quantitative estimate of drug-likeness (QED) is 0.155. The molecule has 0 aliphatic heterocycles. The lowest BCUT2D eigenvalue weighted by molar-refractivity contribution is -0.151. The summed E-state index contributed by atoms with van der Waals surface area (Å²) in [6, 6.07) is 23.0. The summed E-state index contributed by atoms with van der Waals surface area (Å²) < 4.78 is 41.3. The molecule has 0 saturated carbocycles. The number of halogens is 1. The van der Waals surface area contributed by atoms with Gasteiger partial charge < -0.3 is 9.47 Å². The molecule has 0 N–H and O–H groups in total. The molecule has 8 nitrogen and oxygen atoms in total. The second-order valence-corrected chi connectivity index (χ2v) is 9.66. The number of ether oxygens (including phenoxy) is 2. The van der Waals surface area contributed by atoms with Crippen LogP contribution < -0.4 is 4.74 Å². The number of esters is 1. The van der Waals surface area contributed by atoms with Gasteiger partial charge in [0, 0.05) is 9.13 Å². The molecule has 0 fully saturated rings. The maximum Gasteiger partial charge on any atom is 0.358 e. The van der Waals surface area contributed by atoms with Crippen LogP contribution in [-0.4, -0.2) is 26.7 Å². The molecule has 0 aliphatic rings. The first-order valence-corrected chi connectivity index (χ1v) is 12.4. The van der Waals surface area contributed by atoms with Crippen LogP contribution in [0.1, 0.15) is 24.2 Å². The maximum absolute atomic E-state index is 12.4. The van der Waals surface area contributed by atoms with Crippen molar-refractivity contribution in [1.29, 1.82) is 5.26 Å². The fraction of sp³-hybridized carbons (Fsp3) is 0.125. The Bertz CT molecular complexity index is 1300. The highest BCUT2D eigenvalue weighted by Crippen LogP contribution is 2.20. The first-order chi connectivity index (χ1) is 16.3. The number of hydrogen-bond acceptors (Lipinski definition) is 8. The summed E-state index contributed by atoms with van der Waals surface area (Å²) in [6.45, 7) is 1.42. The van der Waals surface area contributed by atoms with Crippen LogP contribution in [0, 0.1) is 14.9 Å². The van der Waals surface area contributed by atoms with E-state index >= 15 is 0 Å². The summed E-state index contributed by atoms with van der Waals surface area (Å²) in [6.07, 6.45) is -0.437. The molecule has 3 rings (SSSR count). The number of nitrogens with zero attached hydrogens (tertiary/aromatic N) is 2. The standard InChI is InChI=1S/C24H19IN2O6S/c1-17(18-7-9-20(25)10-8-18)32-24(28)16-31-21-11-13-22(14-12-21)34(29,30)33-27-23(15-26)19-5-3-2-4-6-19/h2-14,17H,16H2,1H3/b27-23+. The zero-order valence-corrected chi connectivity index (χ0v) is 20.9. The lowest BCUT2D eigenvalue weighted by atomic mass is 10.1. The SMILES string of the molecule is CC(OC(=O)COc1ccc(S(=O)(=O)O/N=C(\C#N)c2ccccc2)cc1)c1ccc(I)cc1. The van der Waals surface area contributed by atoms with Gasteiger partial charge >= 0.3 is 16.1 Å². The van der Waals surface area contributed by atoms with E-state index in [0.29, 0.717) is 5.56 Å². The molecule has 0 amide bonds. The van der Waals surface area contributed by atoms with E-state index in [4.69, 9.17) is 9.47 Å². The topological polar surface area (TPSA) is 115 Å². The van der Waals surface area contributed by atoms with Gasteiger partial charge in [0.15, 0.2) is 12.3 Å². The van der Waals surface area contributed by atoms with E-state index in [1.165, 1.54) is 24.3 Å². The van der Waals surface area contributed by atoms with Crippen molar-refractivity contribution in [3.8, 4) is 11.8 Å². The number of carbonyl (C=O) groups excluding carboxylic acids is 1. The Balaban J connectivity index is 1.56. The van der Waals surface area contributed by atoms with E-state index in [2.05, 4.69) is 32.0 Å². The van der Waals surface area contributed by atoms with Gasteiger partial charge in [-0.15, -0.1) is 0 Å². The molecular weight excluding hydrogens is 571 g/mol. The second kappa shape index (κ2) is 11.6. The average molecular weight is 590 g/mol. The zero-order valence-electron chi connectivity index (χ0n) is 17.9. The molecular formula is C24H19IN2O6S. The average Bonchev–Trinajstić information content (AvgIpc) is 2.84. The molecule has 1 unspecified atom stereocenters. The van der Waals surface area contributed by atoms with Crippen molar-refractivity contribution in [3.63, 3.8) is 0 Å². The number of rotatable bonds is 9. The lowest BCUT2D eigenvalue weighted by Gasteiger charge is -2.14. The zero-order chi connectivity index (χ0) is 24.6. The van der Waals surface area contributed by atoms with Crippen LogP contribution in [0.3, 0.4) is 0 Å². The molecule has 0 spiro atoms. The molecule has 1 atom stereocenters. The number of nitriles is 1. The first kappa shape index (κ1) is 25.2. The van der Waals surface area contributed by atoms with Crippen molar-refractivity contribution in [2.24, 2.45) is 5.16 Å². The summed E-state index contributed by atoms with van der Waals surface area (Å²) in [5.41, 5.74) is 1.10. The molecule has 0 saturated heterocycles. The van der Waals surface area contributed by atoms with Crippen LogP contribution >= 0.6 is 22.6 Å².